The number of sulfonamides is 1. The molecule has 4 nitrogen and oxygen atoms in total. The van der Waals surface area contributed by atoms with Crippen molar-refractivity contribution in [3.05, 3.63) is 12.2 Å². The molecule has 0 aromatic rings. The summed E-state index contributed by atoms with van der Waals surface area (Å²) in [6, 6.07) is 0.787. The first kappa shape index (κ1) is 15.0. The molecule has 2 aliphatic rings. The van der Waals surface area contributed by atoms with Crippen LogP contribution in [0.1, 0.15) is 38.5 Å². The van der Waals surface area contributed by atoms with Crippen LogP contribution in [-0.2, 0) is 10.0 Å². The third-order valence-electron chi connectivity index (χ3n) is 3.91. The summed E-state index contributed by atoms with van der Waals surface area (Å²) < 4.78 is 24.7. The van der Waals surface area contributed by atoms with Crippen molar-refractivity contribution in [3.8, 4) is 0 Å². The van der Waals surface area contributed by atoms with Gasteiger partial charge in [-0.1, -0.05) is 12.2 Å². The van der Waals surface area contributed by atoms with Gasteiger partial charge in [-0.05, 0) is 51.0 Å². The third kappa shape index (κ3) is 5.63. The number of rotatable bonds is 7. The van der Waals surface area contributed by atoms with Crippen LogP contribution < -0.4 is 5.32 Å². The maximum Gasteiger partial charge on any atom is 0.211 e. The normalized spacial score (nSPS) is 26.1. The number of nitrogens with one attached hydrogen (secondary N) is 1. The van der Waals surface area contributed by atoms with E-state index in [0.717, 1.165) is 38.3 Å². The molecule has 1 aliphatic heterocycles. The SMILES string of the molecule is CS(=O)(=O)N1CCCC(CC=CCCNC2CC2)C1. The summed E-state index contributed by atoms with van der Waals surface area (Å²) in [5.74, 6) is 0.496. The van der Waals surface area contributed by atoms with Crippen molar-refractivity contribution in [1.82, 2.24) is 9.62 Å². The zero-order chi connectivity index (χ0) is 13.7. The zero-order valence-electron chi connectivity index (χ0n) is 11.8. The van der Waals surface area contributed by atoms with Gasteiger partial charge >= 0.3 is 0 Å². The molecule has 2 fully saturated rings. The fourth-order valence-electron chi connectivity index (χ4n) is 2.59. The second kappa shape index (κ2) is 6.86. The first-order chi connectivity index (χ1) is 9.05. The van der Waals surface area contributed by atoms with Gasteiger partial charge in [-0.2, -0.15) is 0 Å². The molecule has 1 aliphatic carbocycles. The highest BCUT2D eigenvalue weighted by atomic mass is 32.2. The summed E-state index contributed by atoms with van der Waals surface area (Å²) in [7, 11) is -3.00. The summed E-state index contributed by atoms with van der Waals surface area (Å²) in [5.41, 5.74) is 0. The van der Waals surface area contributed by atoms with Gasteiger partial charge in [0.1, 0.15) is 0 Å². The van der Waals surface area contributed by atoms with Crippen molar-refractivity contribution < 1.29 is 8.42 Å². The molecule has 1 saturated carbocycles. The van der Waals surface area contributed by atoms with E-state index in [1.54, 1.807) is 4.31 Å². The van der Waals surface area contributed by atoms with Gasteiger partial charge in [-0.15, -0.1) is 0 Å². The highest BCUT2D eigenvalue weighted by molar-refractivity contribution is 7.88. The maximum absolute atomic E-state index is 11.5. The summed E-state index contributed by atoms with van der Waals surface area (Å²) >= 11 is 0. The van der Waals surface area contributed by atoms with Gasteiger partial charge in [0.2, 0.25) is 10.0 Å². The second-order valence-electron chi connectivity index (χ2n) is 5.85. The largest absolute Gasteiger partial charge is 0.314 e. The highest BCUT2D eigenvalue weighted by Gasteiger charge is 2.24. The van der Waals surface area contributed by atoms with E-state index >= 15 is 0 Å². The Bertz CT molecular complexity index is 402. The first-order valence-electron chi connectivity index (χ1n) is 7.39. The molecule has 1 unspecified atom stereocenters. The van der Waals surface area contributed by atoms with Crippen LogP contribution in [0.15, 0.2) is 12.2 Å². The van der Waals surface area contributed by atoms with Gasteiger partial charge < -0.3 is 5.32 Å². The molecule has 5 heteroatoms. The average molecular weight is 286 g/mol. The summed E-state index contributed by atoms with van der Waals surface area (Å²) in [6.45, 7) is 2.47. The number of allylic oxidation sites excluding steroid dienone is 1. The predicted molar refractivity (Wildman–Crippen MR) is 78.5 cm³/mol. The minimum absolute atomic E-state index is 0.496. The van der Waals surface area contributed by atoms with E-state index < -0.39 is 10.0 Å². The molecule has 0 aromatic heterocycles. The molecular weight excluding hydrogens is 260 g/mol. The number of nitrogens with zero attached hydrogens (tertiary/aromatic N) is 1. The Morgan fingerprint density at radius 3 is 2.74 bits per heavy atom. The van der Waals surface area contributed by atoms with Gasteiger partial charge in [-0.3, -0.25) is 0 Å². The van der Waals surface area contributed by atoms with Gasteiger partial charge in [0.05, 0.1) is 6.26 Å². The van der Waals surface area contributed by atoms with E-state index in [0.29, 0.717) is 19.0 Å². The van der Waals surface area contributed by atoms with Crippen molar-refractivity contribution in [2.75, 3.05) is 25.9 Å². The molecule has 2 rings (SSSR count). The van der Waals surface area contributed by atoms with E-state index in [4.69, 9.17) is 0 Å². The van der Waals surface area contributed by atoms with Crippen molar-refractivity contribution >= 4 is 10.0 Å². The Hall–Kier alpha value is -0.390. The lowest BCUT2D eigenvalue weighted by molar-refractivity contribution is 0.269. The van der Waals surface area contributed by atoms with Crippen molar-refractivity contribution in [1.29, 1.82) is 0 Å². The number of hydrogen-bond acceptors (Lipinski definition) is 3. The Balaban J connectivity index is 1.62. The fraction of sp³-hybridized carbons (Fsp3) is 0.857. The maximum atomic E-state index is 11.5. The van der Waals surface area contributed by atoms with Crippen LogP contribution in [0, 0.1) is 5.92 Å². The van der Waals surface area contributed by atoms with Crippen molar-refractivity contribution in [3.63, 3.8) is 0 Å². The number of piperidine rings is 1. The molecule has 1 atom stereocenters. The molecule has 1 heterocycles. The van der Waals surface area contributed by atoms with Crippen LogP contribution in [0.25, 0.3) is 0 Å². The molecule has 19 heavy (non-hydrogen) atoms. The molecular formula is C14H26N2O2S. The van der Waals surface area contributed by atoms with Crippen molar-refractivity contribution in [2.45, 2.75) is 44.6 Å². The van der Waals surface area contributed by atoms with Crippen LogP contribution in [-0.4, -0.2) is 44.7 Å². The van der Waals surface area contributed by atoms with Crippen LogP contribution in [0.3, 0.4) is 0 Å². The minimum Gasteiger partial charge on any atom is -0.314 e. The molecule has 1 saturated heterocycles. The van der Waals surface area contributed by atoms with E-state index in [9.17, 15) is 8.42 Å². The zero-order valence-corrected chi connectivity index (χ0v) is 12.7. The Morgan fingerprint density at radius 1 is 1.26 bits per heavy atom. The van der Waals surface area contributed by atoms with Crippen LogP contribution in [0.2, 0.25) is 0 Å². The Labute approximate surface area is 117 Å². The lowest BCUT2D eigenvalue weighted by Gasteiger charge is -2.30. The lowest BCUT2D eigenvalue weighted by Crippen LogP contribution is -2.39. The highest BCUT2D eigenvalue weighted by Crippen LogP contribution is 2.22. The topological polar surface area (TPSA) is 49.4 Å². The first-order valence-corrected chi connectivity index (χ1v) is 9.24. The van der Waals surface area contributed by atoms with Gasteiger partial charge in [0, 0.05) is 19.1 Å². The quantitative estimate of drug-likeness (QED) is 0.573. The molecule has 0 bridgehead atoms. The molecule has 0 amide bonds. The van der Waals surface area contributed by atoms with E-state index in [-0.39, 0.29) is 0 Å². The standard InChI is InChI=1S/C14H26N2O2S/c1-19(17,18)16-11-5-7-13(12-16)6-3-2-4-10-15-14-8-9-14/h2-3,13-15H,4-12H2,1H3. The second-order valence-corrected chi connectivity index (χ2v) is 7.84. The fourth-order valence-corrected chi connectivity index (χ4v) is 3.53. The van der Waals surface area contributed by atoms with Gasteiger partial charge in [0.15, 0.2) is 0 Å². The summed E-state index contributed by atoms with van der Waals surface area (Å²) in [5, 5.41) is 3.48. The van der Waals surface area contributed by atoms with Gasteiger partial charge in [0.25, 0.3) is 0 Å². The van der Waals surface area contributed by atoms with Crippen LogP contribution in [0.5, 0.6) is 0 Å². The molecule has 1 N–H and O–H groups in total. The number of hydrogen-bond donors (Lipinski definition) is 1. The summed E-state index contributed by atoms with van der Waals surface area (Å²) in [6.07, 6.45) is 12.7. The van der Waals surface area contributed by atoms with Gasteiger partial charge in [-0.25, -0.2) is 12.7 Å². The minimum atomic E-state index is -3.00. The van der Waals surface area contributed by atoms with E-state index in [1.165, 1.54) is 19.1 Å². The predicted octanol–water partition coefficient (Wildman–Crippen LogP) is 1.75. The van der Waals surface area contributed by atoms with Crippen LogP contribution >= 0.6 is 0 Å². The van der Waals surface area contributed by atoms with Crippen molar-refractivity contribution in [2.24, 2.45) is 5.92 Å². The molecule has 0 aromatic carbocycles. The van der Waals surface area contributed by atoms with Crippen LogP contribution in [0.4, 0.5) is 0 Å². The Morgan fingerprint density at radius 2 is 2.05 bits per heavy atom. The Kier molecular flexibility index (Phi) is 5.42. The molecule has 110 valence electrons. The monoisotopic (exact) mass is 286 g/mol. The lowest BCUT2D eigenvalue weighted by atomic mass is 9.96. The average Bonchev–Trinajstić information content (AvgIpc) is 3.17. The molecule has 0 spiro atoms. The van der Waals surface area contributed by atoms with E-state index in [2.05, 4.69) is 17.5 Å². The molecule has 0 radical (unpaired) electrons. The third-order valence-corrected chi connectivity index (χ3v) is 5.18. The van der Waals surface area contributed by atoms with E-state index in [1.807, 2.05) is 0 Å². The smallest absolute Gasteiger partial charge is 0.211 e. The summed E-state index contributed by atoms with van der Waals surface area (Å²) in [4.78, 5) is 0.